The van der Waals surface area contributed by atoms with Gasteiger partial charge in [0, 0.05) is 44.3 Å². The third-order valence-electron chi connectivity index (χ3n) is 6.42. The van der Waals surface area contributed by atoms with Gasteiger partial charge in [0.2, 0.25) is 5.95 Å². The number of rotatable bonds is 5. The van der Waals surface area contributed by atoms with Crippen molar-refractivity contribution >= 4 is 22.9 Å². The highest BCUT2D eigenvalue weighted by atomic mass is 16.1. The maximum Gasteiger partial charge on any atom is 0.251 e. The summed E-state index contributed by atoms with van der Waals surface area (Å²) in [4.78, 5) is 22.6. The van der Waals surface area contributed by atoms with Crippen molar-refractivity contribution < 1.29 is 4.79 Å². The van der Waals surface area contributed by atoms with Gasteiger partial charge >= 0.3 is 0 Å². The summed E-state index contributed by atoms with van der Waals surface area (Å²) in [6, 6.07) is 5.91. The molecule has 0 saturated carbocycles. The van der Waals surface area contributed by atoms with Gasteiger partial charge in [-0.1, -0.05) is 6.92 Å². The van der Waals surface area contributed by atoms with Crippen LogP contribution >= 0.6 is 0 Å². The molecule has 2 aromatic rings. The Morgan fingerprint density at radius 3 is 2.57 bits per heavy atom. The molecule has 0 radical (unpaired) electrons. The van der Waals surface area contributed by atoms with Crippen molar-refractivity contribution in [3.05, 3.63) is 23.8 Å². The van der Waals surface area contributed by atoms with E-state index in [4.69, 9.17) is 4.98 Å². The normalized spacial score (nSPS) is 20.0. The molecule has 0 aliphatic carbocycles. The van der Waals surface area contributed by atoms with Crippen molar-refractivity contribution in [1.29, 1.82) is 0 Å². The van der Waals surface area contributed by atoms with Gasteiger partial charge in [-0.3, -0.25) is 4.79 Å². The number of likely N-dealkylation sites (tertiary alicyclic amines) is 1. The monoisotopic (exact) mass is 383 g/mol. The molecular formula is C22H33N5O. The summed E-state index contributed by atoms with van der Waals surface area (Å²) in [5.74, 6) is 1.03. The van der Waals surface area contributed by atoms with E-state index in [1.54, 1.807) is 0 Å². The highest BCUT2D eigenvalue weighted by Crippen LogP contribution is 2.26. The Labute approximate surface area is 167 Å². The van der Waals surface area contributed by atoms with Crippen molar-refractivity contribution in [2.24, 2.45) is 7.05 Å². The van der Waals surface area contributed by atoms with Gasteiger partial charge in [0.15, 0.2) is 0 Å². The molecule has 28 heavy (non-hydrogen) atoms. The Balaban J connectivity index is 1.48. The molecule has 2 aliphatic rings. The van der Waals surface area contributed by atoms with Crippen molar-refractivity contribution in [2.75, 3.05) is 37.6 Å². The number of benzene rings is 1. The molecule has 0 atom stereocenters. The fourth-order valence-electron chi connectivity index (χ4n) is 4.59. The van der Waals surface area contributed by atoms with Gasteiger partial charge in [-0.25, -0.2) is 4.98 Å². The van der Waals surface area contributed by atoms with Crippen molar-refractivity contribution in [2.45, 2.75) is 51.5 Å². The van der Waals surface area contributed by atoms with E-state index in [1.165, 1.54) is 19.3 Å². The molecule has 2 fully saturated rings. The predicted molar refractivity (Wildman–Crippen MR) is 114 cm³/mol. The number of imidazole rings is 1. The summed E-state index contributed by atoms with van der Waals surface area (Å²) in [6.07, 6.45) is 5.65. The molecule has 6 nitrogen and oxygen atoms in total. The first kappa shape index (κ1) is 19.2. The molecule has 0 spiro atoms. The summed E-state index contributed by atoms with van der Waals surface area (Å²) in [7, 11) is 2.06. The average Bonchev–Trinajstić information content (AvgIpc) is 3.32. The van der Waals surface area contributed by atoms with Crippen LogP contribution in [0.15, 0.2) is 18.2 Å². The zero-order valence-electron chi connectivity index (χ0n) is 17.5. The fourth-order valence-corrected chi connectivity index (χ4v) is 4.59. The lowest BCUT2D eigenvalue weighted by atomic mass is 9.89. The minimum atomic E-state index is -0.124. The molecule has 3 heterocycles. The summed E-state index contributed by atoms with van der Waals surface area (Å²) >= 11 is 0. The topological polar surface area (TPSA) is 53.4 Å². The summed E-state index contributed by atoms with van der Waals surface area (Å²) in [6.45, 7) is 9.80. The average molecular weight is 384 g/mol. The minimum absolute atomic E-state index is 0.0155. The fraction of sp³-hybridized carbons (Fsp3) is 0.636. The lowest BCUT2D eigenvalue weighted by Crippen LogP contribution is -2.53. The van der Waals surface area contributed by atoms with Crippen LogP contribution in [0.3, 0.4) is 0 Å². The van der Waals surface area contributed by atoms with Gasteiger partial charge in [0.25, 0.3) is 5.91 Å². The standard InChI is InChI=1S/C22H33N5O/c1-4-11-26-14-9-22(2,10-15-26)24-20(28)17-7-8-19-18(16-17)23-21(25(19)3)27-12-5-6-13-27/h7-8,16H,4-6,9-15H2,1-3H3,(H,24,28). The number of aromatic nitrogens is 2. The third kappa shape index (κ3) is 3.75. The molecule has 0 unspecified atom stereocenters. The van der Waals surface area contributed by atoms with Crippen molar-refractivity contribution in [3.63, 3.8) is 0 Å². The molecule has 4 rings (SSSR count). The Kier molecular flexibility index (Phi) is 5.32. The maximum absolute atomic E-state index is 12.9. The van der Waals surface area contributed by atoms with E-state index in [0.717, 1.165) is 62.5 Å². The first-order valence-electron chi connectivity index (χ1n) is 10.8. The van der Waals surface area contributed by atoms with Crippen LogP contribution in [0.1, 0.15) is 56.3 Å². The predicted octanol–water partition coefficient (Wildman–Crippen LogP) is 3.17. The summed E-state index contributed by atoms with van der Waals surface area (Å²) in [5, 5.41) is 3.30. The number of amides is 1. The maximum atomic E-state index is 12.9. The molecule has 2 aliphatic heterocycles. The smallest absolute Gasteiger partial charge is 0.251 e. The quantitative estimate of drug-likeness (QED) is 0.862. The van der Waals surface area contributed by atoms with Crippen molar-refractivity contribution in [1.82, 2.24) is 19.8 Å². The van der Waals surface area contributed by atoms with E-state index in [1.807, 2.05) is 18.2 Å². The van der Waals surface area contributed by atoms with Crippen molar-refractivity contribution in [3.8, 4) is 0 Å². The van der Waals surface area contributed by atoms with E-state index in [0.29, 0.717) is 5.56 Å². The van der Waals surface area contributed by atoms with Crippen LogP contribution in [0.5, 0.6) is 0 Å². The van der Waals surface area contributed by atoms with E-state index in [2.05, 4.69) is 40.6 Å². The number of fused-ring (bicyclic) bond motifs is 1. The zero-order chi connectivity index (χ0) is 19.7. The molecule has 1 amide bonds. The number of hydrogen-bond acceptors (Lipinski definition) is 4. The van der Waals surface area contributed by atoms with E-state index in [-0.39, 0.29) is 11.4 Å². The minimum Gasteiger partial charge on any atom is -0.347 e. The van der Waals surface area contributed by atoms with Gasteiger partial charge in [-0.15, -0.1) is 0 Å². The third-order valence-corrected chi connectivity index (χ3v) is 6.42. The zero-order valence-corrected chi connectivity index (χ0v) is 17.5. The SMILES string of the molecule is CCCN1CCC(C)(NC(=O)c2ccc3c(c2)nc(N2CCCC2)n3C)CC1. The van der Waals surface area contributed by atoms with Gasteiger partial charge in [-0.05, 0) is 63.8 Å². The van der Waals surface area contributed by atoms with Crippen LogP contribution in [-0.4, -0.2) is 58.6 Å². The molecule has 152 valence electrons. The number of aryl methyl sites for hydroxylation is 1. The first-order valence-corrected chi connectivity index (χ1v) is 10.8. The molecule has 1 N–H and O–H groups in total. The second kappa shape index (κ2) is 7.74. The Bertz CT molecular complexity index is 844. The number of nitrogens with one attached hydrogen (secondary N) is 1. The second-order valence-corrected chi connectivity index (χ2v) is 8.72. The Morgan fingerprint density at radius 1 is 1.18 bits per heavy atom. The molecule has 6 heteroatoms. The van der Waals surface area contributed by atoms with Gasteiger partial charge in [0.05, 0.1) is 11.0 Å². The highest BCUT2D eigenvalue weighted by Gasteiger charge is 2.31. The molecular weight excluding hydrogens is 350 g/mol. The first-order chi connectivity index (χ1) is 13.5. The van der Waals surface area contributed by atoms with E-state index < -0.39 is 0 Å². The van der Waals surface area contributed by atoms with Crippen LogP contribution in [0.2, 0.25) is 0 Å². The van der Waals surface area contributed by atoms with Crippen LogP contribution < -0.4 is 10.2 Å². The summed E-state index contributed by atoms with van der Waals surface area (Å²) in [5.41, 5.74) is 2.56. The van der Waals surface area contributed by atoms with Crippen LogP contribution in [-0.2, 0) is 7.05 Å². The van der Waals surface area contributed by atoms with Gasteiger partial charge in [-0.2, -0.15) is 0 Å². The van der Waals surface area contributed by atoms with E-state index in [9.17, 15) is 4.79 Å². The molecule has 1 aromatic carbocycles. The number of carbonyl (C=O) groups is 1. The lowest BCUT2D eigenvalue weighted by molar-refractivity contribution is 0.0834. The largest absolute Gasteiger partial charge is 0.347 e. The number of piperidine rings is 1. The number of anilines is 1. The van der Waals surface area contributed by atoms with Gasteiger partial charge < -0.3 is 19.7 Å². The van der Waals surface area contributed by atoms with Crippen LogP contribution in [0, 0.1) is 0 Å². The number of hydrogen-bond donors (Lipinski definition) is 1. The number of carbonyl (C=O) groups excluding carboxylic acids is 1. The Morgan fingerprint density at radius 2 is 1.89 bits per heavy atom. The number of nitrogens with zero attached hydrogens (tertiary/aromatic N) is 4. The van der Waals surface area contributed by atoms with Crippen LogP contribution in [0.4, 0.5) is 5.95 Å². The summed E-state index contributed by atoms with van der Waals surface area (Å²) < 4.78 is 2.15. The van der Waals surface area contributed by atoms with Crippen LogP contribution in [0.25, 0.3) is 11.0 Å². The highest BCUT2D eigenvalue weighted by molar-refractivity contribution is 5.98. The second-order valence-electron chi connectivity index (χ2n) is 8.72. The lowest BCUT2D eigenvalue weighted by Gasteiger charge is -2.40. The molecule has 0 bridgehead atoms. The Hall–Kier alpha value is -2.08. The molecule has 1 aromatic heterocycles. The van der Waals surface area contributed by atoms with E-state index >= 15 is 0 Å². The molecule has 2 saturated heterocycles. The van der Waals surface area contributed by atoms with Gasteiger partial charge in [0.1, 0.15) is 0 Å².